The van der Waals surface area contributed by atoms with E-state index >= 15 is 0 Å². The molecule has 0 spiro atoms. The largest absolute Gasteiger partial charge is 0.309 e. The van der Waals surface area contributed by atoms with E-state index in [2.05, 4.69) is 30.3 Å². The van der Waals surface area contributed by atoms with Gasteiger partial charge in [0.15, 0.2) is 0 Å². The molecule has 3 nitrogen and oxygen atoms in total. The lowest BCUT2D eigenvalue weighted by Crippen LogP contribution is -2.25. The fourth-order valence-corrected chi connectivity index (χ4v) is 2.59. The molecule has 2 aromatic rings. The quantitative estimate of drug-likeness (QED) is 0.882. The number of nitrogens with zero attached hydrogens (tertiary/aromatic N) is 2. The maximum Gasteiger partial charge on any atom is 0.142 e. The van der Waals surface area contributed by atoms with Crippen LogP contribution < -0.4 is 5.32 Å². The Morgan fingerprint density at radius 3 is 2.67 bits per heavy atom. The van der Waals surface area contributed by atoms with E-state index < -0.39 is 0 Å². The predicted molar refractivity (Wildman–Crippen MR) is 84.1 cm³/mol. The van der Waals surface area contributed by atoms with Gasteiger partial charge in [-0.05, 0) is 43.1 Å². The van der Waals surface area contributed by atoms with Crippen molar-refractivity contribution in [2.45, 2.75) is 32.7 Å². The number of hydrogen-bond donors (Lipinski definition) is 1. The minimum atomic E-state index is -0.372. The van der Waals surface area contributed by atoms with Gasteiger partial charge in [0.25, 0.3) is 0 Å². The number of hydrogen-bond acceptors (Lipinski definition) is 2. The Balaban J connectivity index is 2.25. The Hall–Kier alpha value is -1.39. The average molecular weight is 310 g/mol. The Morgan fingerprint density at radius 1 is 1.33 bits per heavy atom. The van der Waals surface area contributed by atoms with Crippen LogP contribution in [0.4, 0.5) is 4.39 Å². The number of likely N-dealkylation sites (N-methyl/N-ethyl adjacent to an activating group) is 1. The summed E-state index contributed by atoms with van der Waals surface area (Å²) < 4.78 is 15.5. The fraction of sp³-hybridized carbons (Fsp3) is 0.438. The Labute approximate surface area is 130 Å². The van der Waals surface area contributed by atoms with E-state index in [1.54, 1.807) is 6.07 Å². The van der Waals surface area contributed by atoms with Crippen molar-refractivity contribution in [1.82, 2.24) is 15.1 Å². The van der Waals surface area contributed by atoms with Crippen LogP contribution in [-0.2, 0) is 19.9 Å². The monoisotopic (exact) mass is 309 g/mol. The third-order valence-corrected chi connectivity index (χ3v) is 3.87. The summed E-state index contributed by atoms with van der Waals surface area (Å²) in [6.45, 7) is 4.99. The van der Waals surface area contributed by atoms with Gasteiger partial charge in [-0.3, -0.25) is 4.68 Å². The molecule has 0 bridgehead atoms. The molecule has 1 aromatic heterocycles. The second-order valence-electron chi connectivity index (χ2n) is 5.10. The van der Waals surface area contributed by atoms with Gasteiger partial charge in [0.05, 0.1) is 22.5 Å². The van der Waals surface area contributed by atoms with Crippen molar-refractivity contribution < 1.29 is 4.39 Å². The summed E-state index contributed by atoms with van der Waals surface area (Å²) in [4.78, 5) is 0. The van der Waals surface area contributed by atoms with Crippen LogP contribution in [0.5, 0.6) is 0 Å². The van der Waals surface area contributed by atoms with Crippen LogP contribution in [0, 0.1) is 5.82 Å². The highest BCUT2D eigenvalue weighted by Gasteiger charge is 2.17. The number of rotatable bonds is 6. The number of benzene rings is 1. The van der Waals surface area contributed by atoms with Crippen molar-refractivity contribution in [2.24, 2.45) is 7.05 Å². The average Bonchev–Trinajstić information content (AvgIpc) is 2.83. The molecular formula is C16H21ClFN3. The molecule has 0 saturated carbocycles. The number of aryl methyl sites for hydroxylation is 2. The molecule has 0 amide bonds. The molecule has 114 valence electrons. The molecule has 1 aromatic carbocycles. The zero-order valence-electron chi connectivity index (χ0n) is 12.7. The van der Waals surface area contributed by atoms with E-state index in [4.69, 9.17) is 11.6 Å². The number of halogens is 2. The molecule has 5 heteroatoms. The van der Waals surface area contributed by atoms with Gasteiger partial charge >= 0.3 is 0 Å². The van der Waals surface area contributed by atoms with Crippen molar-refractivity contribution in [3.63, 3.8) is 0 Å². The second kappa shape index (κ2) is 7.05. The van der Waals surface area contributed by atoms with Gasteiger partial charge in [-0.25, -0.2) is 4.39 Å². The summed E-state index contributed by atoms with van der Waals surface area (Å²) in [7, 11) is 1.95. The highest BCUT2D eigenvalue weighted by molar-refractivity contribution is 6.30. The Morgan fingerprint density at radius 2 is 2.10 bits per heavy atom. The number of nitrogens with one attached hydrogen (secondary N) is 1. The van der Waals surface area contributed by atoms with E-state index in [-0.39, 0.29) is 16.9 Å². The summed E-state index contributed by atoms with van der Waals surface area (Å²) in [5, 5.41) is 8.09. The third kappa shape index (κ3) is 3.83. The van der Waals surface area contributed by atoms with Crippen LogP contribution in [0.2, 0.25) is 5.02 Å². The maximum absolute atomic E-state index is 13.6. The van der Waals surface area contributed by atoms with Crippen LogP contribution in [0.3, 0.4) is 0 Å². The third-order valence-electron chi connectivity index (χ3n) is 3.56. The lowest BCUT2D eigenvalue weighted by atomic mass is 10.0. The van der Waals surface area contributed by atoms with E-state index in [1.807, 2.05) is 17.8 Å². The molecule has 0 aliphatic rings. The smallest absolute Gasteiger partial charge is 0.142 e. The molecule has 21 heavy (non-hydrogen) atoms. The van der Waals surface area contributed by atoms with Crippen LogP contribution >= 0.6 is 11.6 Å². The molecule has 1 heterocycles. The highest BCUT2D eigenvalue weighted by atomic mass is 35.5. The molecule has 0 radical (unpaired) electrons. The molecule has 1 unspecified atom stereocenters. The van der Waals surface area contributed by atoms with Crippen LogP contribution in [-0.4, -0.2) is 16.3 Å². The predicted octanol–water partition coefficient (Wildman–Crippen LogP) is 3.67. The molecule has 0 aliphatic heterocycles. The SMILES string of the molecule is CCNC(Cc1ccc(Cl)c(F)c1)c1cc(CC)nn1C. The van der Waals surface area contributed by atoms with E-state index in [0.29, 0.717) is 6.42 Å². The fourth-order valence-electron chi connectivity index (χ4n) is 2.47. The standard InChI is InChI=1S/C16H21ClFN3/c1-4-12-10-16(21(3)20-12)15(19-5-2)9-11-6-7-13(17)14(18)8-11/h6-8,10,15,19H,4-5,9H2,1-3H3. The first-order valence-corrected chi connectivity index (χ1v) is 7.63. The van der Waals surface area contributed by atoms with Crippen LogP contribution in [0.15, 0.2) is 24.3 Å². The van der Waals surface area contributed by atoms with E-state index in [9.17, 15) is 4.39 Å². The van der Waals surface area contributed by atoms with Crippen molar-refractivity contribution in [3.8, 4) is 0 Å². The van der Waals surface area contributed by atoms with Gasteiger partial charge in [-0.15, -0.1) is 0 Å². The molecule has 1 N–H and O–H groups in total. The number of aromatic nitrogens is 2. The molecule has 1 atom stereocenters. The Kier molecular flexibility index (Phi) is 5.37. The van der Waals surface area contributed by atoms with Crippen LogP contribution in [0.25, 0.3) is 0 Å². The zero-order chi connectivity index (χ0) is 15.4. The summed E-state index contributed by atoms with van der Waals surface area (Å²) in [5.74, 6) is -0.372. The summed E-state index contributed by atoms with van der Waals surface area (Å²) in [5.41, 5.74) is 3.10. The normalized spacial score (nSPS) is 12.6. The maximum atomic E-state index is 13.6. The summed E-state index contributed by atoms with van der Waals surface area (Å²) in [6, 6.07) is 7.19. The first-order valence-electron chi connectivity index (χ1n) is 7.25. The summed E-state index contributed by atoms with van der Waals surface area (Å²) in [6.07, 6.45) is 1.60. The second-order valence-corrected chi connectivity index (χ2v) is 5.51. The van der Waals surface area contributed by atoms with Gasteiger partial charge in [0.2, 0.25) is 0 Å². The minimum Gasteiger partial charge on any atom is -0.309 e. The summed E-state index contributed by atoms with van der Waals surface area (Å²) >= 11 is 5.74. The van der Waals surface area contributed by atoms with E-state index in [0.717, 1.165) is 29.9 Å². The van der Waals surface area contributed by atoms with Crippen molar-refractivity contribution in [3.05, 3.63) is 52.1 Å². The van der Waals surface area contributed by atoms with Crippen molar-refractivity contribution in [1.29, 1.82) is 0 Å². The molecule has 0 saturated heterocycles. The first kappa shape index (κ1) is 16.0. The topological polar surface area (TPSA) is 29.9 Å². The molecular weight excluding hydrogens is 289 g/mol. The van der Waals surface area contributed by atoms with Gasteiger partial charge in [-0.1, -0.05) is 31.5 Å². The van der Waals surface area contributed by atoms with Gasteiger partial charge in [0, 0.05) is 7.05 Å². The first-order chi connectivity index (χ1) is 10.0. The minimum absolute atomic E-state index is 0.105. The molecule has 0 fully saturated rings. The lowest BCUT2D eigenvalue weighted by molar-refractivity contribution is 0.506. The van der Waals surface area contributed by atoms with E-state index in [1.165, 1.54) is 6.07 Å². The molecule has 0 aliphatic carbocycles. The molecule has 2 rings (SSSR count). The Bertz CT molecular complexity index is 610. The lowest BCUT2D eigenvalue weighted by Gasteiger charge is -2.18. The van der Waals surface area contributed by atoms with Crippen LogP contribution in [0.1, 0.15) is 36.8 Å². The van der Waals surface area contributed by atoms with Crippen molar-refractivity contribution in [2.75, 3.05) is 6.54 Å². The zero-order valence-corrected chi connectivity index (χ0v) is 13.4. The van der Waals surface area contributed by atoms with Gasteiger partial charge in [-0.2, -0.15) is 5.10 Å². The van der Waals surface area contributed by atoms with Crippen molar-refractivity contribution >= 4 is 11.6 Å². The van der Waals surface area contributed by atoms with Gasteiger partial charge < -0.3 is 5.32 Å². The highest BCUT2D eigenvalue weighted by Crippen LogP contribution is 2.22. The van der Waals surface area contributed by atoms with Gasteiger partial charge in [0.1, 0.15) is 5.82 Å².